The molecule has 0 aliphatic carbocycles. The minimum absolute atomic E-state index is 0.00409. The Morgan fingerprint density at radius 1 is 1.14 bits per heavy atom. The second-order valence-electron chi connectivity index (χ2n) is 4.97. The van der Waals surface area contributed by atoms with Gasteiger partial charge in [-0.05, 0) is 50.0 Å². The quantitative estimate of drug-likeness (QED) is 0.784. The first-order chi connectivity index (χ1) is 10.1. The summed E-state index contributed by atoms with van der Waals surface area (Å²) in [6, 6.07) is 11.9. The van der Waals surface area contributed by atoms with Crippen molar-refractivity contribution >= 4 is 23.1 Å². The molecule has 2 amide bonds. The summed E-state index contributed by atoms with van der Waals surface area (Å²) in [4.78, 5) is 13.2. The highest BCUT2D eigenvalue weighted by Gasteiger charge is 2.11. The van der Waals surface area contributed by atoms with Crippen LogP contribution >= 0.6 is 11.3 Å². The zero-order valence-corrected chi connectivity index (χ0v) is 13.3. The molecule has 1 aromatic carbocycles. The van der Waals surface area contributed by atoms with Crippen LogP contribution in [0.5, 0.6) is 0 Å². The SMILES string of the molecule is CNC(C)c1cccc(NC(=O)NC(C)c2cccs2)c1. The van der Waals surface area contributed by atoms with Crippen molar-refractivity contribution in [1.82, 2.24) is 10.6 Å². The molecule has 0 radical (unpaired) electrons. The third-order valence-electron chi connectivity index (χ3n) is 3.40. The van der Waals surface area contributed by atoms with E-state index in [2.05, 4.69) is 22.9 Å². The van der Waals surface area contributed by atoms with Gasteiger partial charge in [0.05, 0.1) is 6.04 Å². The molecule has 0 saturated carbocycles. The van der Waals surface area contributed by atoms with E-state index in [9.17, 15) is 4.79 Å². The number of urea groups is 1. The number of hydrogen-bond donors (Lipinski definition) is 3. The second kappa shape index (κ2) is 7.24. The minimum Gasteiger partial charge on any atom is -0.331 e. The predicted octanol–water partition coefficient (Wildman–Crippen LogP) is 3.91. The third kappa shape index (κ3) is 4.31. The van der Waals surface area contributed by atoms with Crippen LogP contribution < -0.4 is 16.0 Å². The topological polar surface area (TPSA) is 53.2 Å². The van der Waals surface area contributed by atoms with Crippen molar-refractivity contribution in [2.45, 2.75) is 25.9 Å². The largest absolute Gasteiger partial charge is 0.331 e. The first-order valence-corrected chi connectivity index (χ1v) is 7.86. The Morgan fingerprint density at radius 3 is 2.62 bits per heavy atom. The molecular formula is C16H21N3OS. The summed E-state index contributed by atoms with van der Waals surface area (Å²) in [6.07, 6.45) is 0. The number of nitrogens with one attached hydrogen (secondary N) is 3. The van der Waals surface area contributed by atoms with E-state index >= 15 is 0 Å². The molecule has 5 heteroatoms. The van der Waals surface area contributed by atoms with Crippen LogP contribution in [0.2, 0.25) is 0 Å². The average molecular weight is 303 g/mol. The molecule has 0 saturated heterocycles. The van der Waals surface area contributed by atoms with E-state index in [0.29, 0.717) is 0 Å². The maximum absolute atomic E-state index is 12.0. The summed E-state index contributed by atoms with van der Waals surface area (Å²) in [5.74, 6) is 0. The molecule has 0 spiro atoms. The maximum atomic E-state index is 12.0. The van der Waals surface area contributed by atoms with Crippen LogP contribution in [0.25, 0.3) is 0 Å². The number of anilines is 1. The van der Waals surface area contributed by atoms with Crippen molar-refractivity contribution in [3.8, 4) is 0 Å². The fraction of sp³-hybridized carbons (Fsp3) is 0.312. The Labute approximate surface area is 129 Å². The van der Waals surface area contributed by atoms with Gasteiger partial charge in [0.1, 0.15) is 0 Å². The number of benzene rings is 1. The Bertz CT molecular complexity index is 583. The van der Waals surface area contributed by atoms with Crippen LogP contribution in [-0.4, -0.2) is 13.1 Å². The van der Waals surface area contributed by atoms with Crippen molar-refractivity contribution in [2.75, 3.05) is 12.4 Å². The standard InChI is InChI=1S/C16H21N3OS/c1-11(17-3)13-6-4-7-14(10-13)19-16(20)18-12(2)15-8-5-9-21-15/h4-12,17H,1-3H3,(H2,18,19,20). The average Bonchev–Trinajstić information content (AvgIpc) is 3.00. The van der Waals surface area contributed by atoms with Crippen molar-refractivity contribution in [3.63, 3.8) is 0 Å². The fourth-order valence-electron chi connectivity index (χ4n) is 2.03. The van der Waals surface area contributed by atoms with Gasteiger partial charge < -0.3 is 16.0 Å². The smallest absolute Gasteiger partial charge is 0.319 e. The molecule has 21 heavy (non-hydrogen) atoms. The zero-order chi connectivity index (χ0) is 15.2. The number of thiophene rings is 1. The van der Waals surface area contributed by atoms with Gasteiger partial charge in [0.15, 0.2) is 0 Å². The molecule has 3 N–H and O–H groups in total. The molecule has 0 aliphatic rings. The first kappa shape index (κ1) is 15.5. The Kier molecular flexibility index (Phi) is 5.36. The van der Waals surface area contributed by atoms with E-state index in [4.69, 9.17) is 0 Å². The molecule has 0 fully saturated rings. The molecular weight excluding hydrogens is 282 g/mol. The van der Waals surface area contributed by atoms with E-state index in [0.717, 1.165) is 16.1 Å². The van der Waals surface area contributed by atoms with E-state index in [-0.39, 0.29) is 18.1 Å². The highest BCUT2D eigenvalue weighted by atomic mass is 32.1. The van der Waals surface area contributed by atoms with E-state index < -0.39 is 0 Å². The van der Waals surface area contributed by atoms with Crippen LogP contribution in [0.1, 0.15) is 36.4 Å². The van der Waals surface area contributed by atoms with E-state index in [1.165, 1.54) is 0 Å². The van der Waals surface area contributed by atoms with Crippen LogP contribution in [0.4, 0.5) is 10.5 Å². The van der Waals surface area contributed by atoms with E-state index in [1.54, 1.807) is 11.3 Å². The van der Waals surface area contributed by atoms with Crippen LogP contribution in [-0.2, 0) is 0 Å². The lowest BCUT2D eigenvalue weighted by Gasteiger charge is -2.15. The number of amides is 2. The Morgan fingerprint density at radius 2 is 1.95 bits per heavy atom. The molecule has 1 heterocycles. The molecule has 2 rings (SSSR count). The van der Waals surface area contributed by atoms with Gasteiger partial charge in [-0.3, -0.25) is 0 Å². The first-order valence-electron chi connectivity index (χ1n) is 6.98. The van der Waals surface area contributed by atoms with Gasteiger partial charge in [0, 0.05) is 16.6 Å². The van der Waals surface area contributed by atoms with Crippen molar-refractivity contribution in [3.05, 3.63) is 52.2 Å². The molecule has 2 aromatic rings. The van der Waals surface area contributed by atoms with Gasteiger partial charge in [0.25, 0.3) is 0 Å². The van der Waals surface area contributed by atoms with Crippen LogP contribution in [0, 0.1) is 0 Å². The summed E-state index contributed by atoms with van der Waals surface area (Å²) in [6.45, 7) is 4.06. The lowest BCUT2D eigenvalue weighted by Crippen LogP contribution is -2.30. The molecule has 1 aromatic heterocycles. The molecule has 0 bridgehead atoms. The third-order valence-corrected chi connectivity index (χ3v) is 4.45. The lowest BCUT2D eigenvalue weighted by molar-refractivity contribution is 0.249. The minimum atomic E-state index is -0.190. The molecule has 2 unspecified atom stereocenters. The van der Waals surface area contributed by atoms with Crippen LogP contribution in [0.3, 0.4) is 0 Å². The van der Waals surface area contributed by atoms with Crippen LogP contribution in [0.15, 0.2) is 41.8 Å². The lowest BCUT2D eigenvalue weighted by atomic mass is 10.1. The molecule has 112 valence electrons. The van der Waals surface area contributed by atoms with E-state index in [1.807, 2.05) is 55.7 Å². The second-order valence-corrected chi connectivity index (χ2v) is 5.95. The fourth-order valence-corrected chi connectivity index (χ4v) is 2.76. The van der Waals surface area contributed by atoms with Gasteiger partial charge in [-0.1, -0.05) is 18.2 Å². The monoisotopic (exact) mass is 303 g/mol. The van der Waals surface area contributed by atoms with Crippen molar-refractivity contribution in [1.29, 1.82) is 0 Å². The van der Waals surface area contributed by atoms with Gasteiger partial charge in [0.2, 0.25) is 0 Å². The Balaban J connectivity index is 1.96. The number of hydrogen-bond acceptors (Lipinski definition) is 3. The van der Waals surface area contributed by atoms with Crippen molar-refractivity contribution in [2.24, 2.45) is 0 Å². The maximum Gasteiger partial charge on any atom is 0.319 e. The Hall–Kier alpha value is -1.85. The highest BCUT2D eigenvalue weighted by molar-refractivity contribution is 7.10. The summed E-state index contributed by atoms with van der Waals surface area (Å²) in [5, 5.41) is 11.0. The van der Waals surface area contributed by atoms with Gasteiger partial charge in [-0.2, -0.15) is 0 Å². The molecule has 4 nitrogen and oxygen atoms in total. The normalized spacial score (nSPS) is 13.5. The predicted molar refractivity (Wildman–Crippen MR) is 88.8 cm³/mol. The van der Waals surface area contributed by atoms with Gasteiger partial charge in [-0.15, -0.1) is 11.3 Å². The van der Waals surface area contributed by atoms with Gasteiger partial charge >= 0.3 is 6.03 Å². The van der Waals surface area contributed by atoms with Crippen molar-refractivity contribution < 1.29 is 4.79 Å². The number of carbonyl (C=O) groups is 1. The summed E-state index contributed by atoms with van der Waals surface area (Å²) in [7, 11) is 1.92. The molecule has 2 atom stereocenters. The zero-order valence-electron chi connectivity index (χ0n) is 12.5. The summed E-state index contributed by atoms with van der Waals surface area (Å²) < 4.78 is 0. The summed E-state index contributed by atoms with van der Waals surface area (Å²) >= 11 is 1.64. The van der Waals surface area contributed by atoms with Gasteiger partial charge in [-0.25, -0.2) is 4.79 Å². The summed E-state index contributed by atoms with van der Waals surface area (Å²) in [5.41, 5.74) is 1.94. The highest BCUT2D eigenvalue weighted by Crippen LogP contribution is 2.19. The molecule has 0 aliphatic heterocycles. The number of rotatable bonds is 5. The number of carbonyl (C=O) groups excluding carboxylic acids is 1.